The number of rotatable bonds is 4. The molecule has 1 atom stereocenters. The molecule has 0 unspecified atom stereocenters. The first kappa shape index (κ1) is 13.2. The Hall–Kier alpha value is -1.20. The lowest BCUT2D eigenvalue weighted by molar-refractivity contribution is 0.205. The van der Waals surface area contributed by atoms with Gasteiger partial charge in [-0.1, -0.05) is 13.8 Å². The maximum absolute atomic E-state index is 12.4. The molecule has 0 bridgehead atoms. The molecular weight excluding hydrogens is 248 g/mol. The van der Waals surface area contributed by atoms with E-state index in [0.717, 1.165) is 16.8 Å². The molecule has 1 N–H and O–H groups in total. The van der Waals surface area contributed by atoms with Crippen molar-refractivity contribution in [2.45, 2.75) is 33.2 Å². The molecule has 18 heavy (non-hydrogen) atoms. The molecule has 0 fully saturated rings. The Morgan fingerprint density at radius 1 is 1.50 bits per heavy atom. The molecule has 0 aromatic carbocycles. The van der Waals surface area contributed by atoms with Gasteiger partial charge >= 0.3 is 0 Å². The van der Waals surface area contributed by atoms with Crippen LogP contribution in [0.15, 0.2) is 16.5 Å². The predicted octanol–water partition coefficient (Wildman–Crippen LogP) is 2.35. The quantitative estimate of drug-likeness (QED) is 0.924. The van der Waals surface area contributed by atoms with Gasteiger partial charge in [-0.25, -0.2) is 4.98 Å². The number of thiophene rings is 1. The summed E-state index contributed by atoms with van der Waals surface area (Å²) in [5, 5.41) is 12.1. The molecule has 0 saturated carbocycles. The Balaban J connectivity index is 2.53. The van der Waals surface area contributed by atoms with Crippen LogP contribution >= 0.6 is 11.3 Å². The average Bonchev–Trinajstić information content (AvgIpc) is 2.69. The topological polar surface area (TPSA) is 55.1 Å². The number of fused-ring (bicyclic) bond motifs is 1. The molecule has 0 aliphatic carbocycles. The molecule has 0 saturated heterocycles. The highest BCUT2D eigenvalue weighted by Gasteiger charge is 2.16. The van der Waals surface area contributed by atoms with Gasteiger partial charge in [-0.05, 0) is 30.2 Å². The Morgan fingerprint density at radius 3 is 2.83 bits per heavy atom. The van der Waals surface area contributed by atoms with E-state index in [0.29, 0.717) is 11.3 Å². The first-order valence-corrected chi connectivity index (χ1v) is 6.98. The standard InChI is InChI=1S/C13H18N2O2S/c1-8(2)4-10(5-16)15-7-14-12-11(13(15)17)9(3)6-18-12/h6-8,10,16H,4-5H2,1-3H3/t10-/m0/s1. The third-order valence-electron chi connectivity index (χ3n) is 3.05. The number of aryl methyl sites for hydroxylation is 1. The molecule has 2 aromatic heterocycles. The van der Waals surface area contributed by atoms with Gasteiger partial charge in [-0.15, -0.1) is 11.3 Å². The van der Waals surface area contributed by atoms with Crippen molar-refractivity contribution >= 4 is 21.6 Å². The van der Waals surface area contributed by atoms with Gasteiger partial charge in [-0.2, -0.15) is 0 Å². The Bertz CT molecular complexity index is 601. The van der Waals surface area contributed by atoms with E-state index in [9.17, 15) is 9.90 Å². The molecule has 98 valence electrons. The summed E-state index contributed by atoms with van der Waals surface area (Å²) in [7, 11) is 0. The third-order valence-corrected chi connectivity index (χ3v) is 4.06. The normalized spacial score (nSPS) is 13.4. The first-order chi connectivity index (χ1) is 8.54. The van der Waals surface area contributed by atoms with Crippen molar-refractivity contribution in [3.8, 4) is 0 Å². The van der Waals surface area contributed by atoms with Gasteiger partial charge in [0.25, 0.3) is 5.56 Å². The van der Waals surface area contributed by atoms with Crippen LogP contribution in [0.3, 0.4) is 0 Å². The minimum atomic E-state index is -0.186. The van der Waals surface area contributed by atoms with E-state index in [2.05, 4.69) is 18.8 Å². The van der Waals surface area contributed by atoms with E-state index >= 15 is 0 Å². The number of aromatic nitrogens is 2. The largest absolute Gasteiger partial charge is 0.394 e. The lowest BCUT2D eigenvalue weighted by atomic mass is 10.0. The van der Waals surface area contributed by atoms with Crippen LogP contribution in [-0.2, 0) is 0 Å². The summed E-state index contributed by atoms with van der Waals surface area (Å²) in [6.07, 6.45) is 2.33. The maximum atomic E-state index is 12.4. The molecule has 0 aliphatic rings. The zero-order valence-electron chi connectivity index (χ0n) is 10.9. The van der Waals surface area contributed by atoms with E-state index in [1.807, 2.05) is 12.3 Å². The second kappa shape index (κ2) is 5.20. The zero-order chi connectivity index (χ0) is 13.3. The molecule has 4 nitrogen and oxygen atoms in total. The summed E-state index contributed by atoms with van der Waals surface area (Å²) in [4.78, 5) is 17.5. The van der Waals surface area contributed by atoms with Crippen molar-refractivity contribution in [1.29, 1.82) is 0 Å². The number of nitrogens with zero attached hydrogens (tertiary/aromatic N) is 2. The molecular formula is C13H18N2O2S. The lowest BCUT2D eigenvalue weighted by Gasteiger charge is -2.19. The fourth-order valence-electron chi connectivity index (χ4n) is 2.16. The van der Waals surface area contributed by atoms with Crippen LogP contribution in [-0.4, -0.2) is 21.3 Å². The van der Waals surface area contributed by atoms with Crippen LogP contribution in [0.2, 0.25) is 0 Å². The highest BCUT2D eigenvalue weighted by Crippen LogP contribution is 2.21. The predicted molar refractivity (Wildman–Crippen MR) is 74.2 cm³/mol. The van der Waals surface area contributed by atoms with Gasteiger partial charge < -0.3 is 5.11 Å². The second-order valence-electron chi connectivity index (χ2n) is 5.02. The van der Waals surface area contributed by atoms with E-state index in [4.69, 9.17) is 0 Å². The summed E-state index contributed by atoms with van der Waals surface area (Å²) in [5.74, 6) is 0.424. The minimum absolute atomic E-state index is 0.0333. The highest BCUT2D eigenvalue weighted by molar-refractivity contribution is 7.16. The SMILES string of the molecule is Cc1csc2ncn([C@H](CO)CC(C)C)c(=O)c12. The summed E-state index contributed by atoms with van der Waals surface area (Å²) >= 11 is 1.48. The fourth-order valence-corrected chi connectivity index (χ4v) is 3.04. The van der Waals surface area contributed by atoms with Gasteiger partial charge in [0.1, 0.15) is 4.83 Å². The third kappa shape index (κ3) is 2.33. The molecule has 0 aliphatic heterocycles. The summed E-state index contributed by atoms with van der Waals surface area (Å²) in [6, 6.07) is -0.186. The van der Waals surface area contributed by atoms with Crippen molar-refractivity contribution in [2.24, 2.45) is 5.92 Å². The van der Waals surface area contributed by atoms with E-state index < -0.39 is 0 Å². The zero-order valence-corrected chi connectivity index (χ0v) is 11.7. The van der Waals surface area contributed by atoms with Crippen LogP contribution < -0.4 is 5.56 Å². The van der Waals surface area contributed by atoms with Crippen molar-refractivity contribution in [3.63, 3.8) is 0 Å². The Labute approximate surface area is 110 Å². The van der Waals surface area contributed by atoms with Crippen molar-refractivity contribution in [3.05, 3.63) is 27.6 Å². The minimum Gasteiger partial charge on any atom is -0.394 e. The summed E-state index contributed by atoms with van der Waals surface area (Å²) in [5.41, 5.74) is 0.918. The molecule has 5 heteroatoms. The van der Waals surface area contributed by atoms with Crippen LogP contribution in [0.25, 0.3) is 10.2 Å². The molecule has 2 rings (SSSR count). The fraction of sp³-hybridized carbons (Fsp3) is 0.538. The monoisotopic (exact) mass is 266 g/mol. The van der Waals surface area contributed by atoms with E-state index in [-0.39, 0.29) is 18.2 Å². The number of hydrogen-bond acceptors (Lipinski definition) is 4. The molecule has 0 radical (unpaired) electrons. The van der Waals surface area contributed by atoms with E-state index in [1.165, 1.54) is 11.3 Å². The number of aliphatic hydroxyl groups excluding tert-OH is 1. The van der Waals surface area contributed by atoms with Crippen molar-refractivity contribution in [2.75, 3.05) is 6.61 Å². The smallest absolute Gasteiger partial charge is 0.262 e. The Morgan fingerprint density at radius 2 is 2.22 bits per heavy atom. The Kier molecular flexibility index (Phi) is 3.82. The number of aliphatic hydroxyl groups is 1. The van der Waals surface area contributed by atoms with Gasteiger partial charge in [0.2, 0.25) is 0 Å². The molecule has 2 heterocycles. The maximum Gasteiger partial charge on any atom is 0.262 e. The van der Waals surface area contributed by atoms with Crippen molar-refractivity contribution < 1.29 is 5.11 Å². The van der Waals surface area contributed by atoms with Gasteiger partial charge in [0.15, 0.2) is 0 Å². The second-order valence-corrected chi connectivity index (χ2v) is 5.88. The molecule has 2 aromatic rings. The number of hydrogen-bond donors (Lipinski definition) is 1. The molecule has 0 spiro atoms. The van der Waals surface area contributed by atoms with Crippen LogP contribution in [0.5, 0.6) is 0 Å². The lowest BCUT2D eigenvalue weighted by Crippen LogP contribution is -2.28. The van der Waals surface area contributed by atoms with Crippen LogP contribution in [0.1, 0.15) is 31.9 Å². The van der Waals surface area contributed by atoms with Gasteiger partial charge in [-0.3, -0.25) is 9.36 Å². The van der Waals surface area contributed by atoms with Crippen LogP contribution in [0, 0.1) is 12.8 Å². The van der Waals surface area contributed by atoms with E-state index in [1.54, 1.807) is 10.9 Å². The summed E-state index contributed by atoms with van der Waals surface area (Å²) < 4.78 is 1.57. The van der Waals surface area contributed by atoms with Gasteiger partial charge in [0, 0.05) is 0 Å². The average molecular weight is 266 g/mol. The van der Waals surface area contributed by atoms with Crippen molar-refractivity contribution in [1.82, 2.24) is 9.55 Å². The molecule has 0 amide bonds. The summed E-state index contributed by atoms with van der Waals surface area (Å²) in [6.45, 7) is 6.04. The first-order valence-electron chi connectivity index (χ1n) is 6.10. The van der Waals surface area contributed by atoms with Crippen LogP contribution in [0.4, 0.5) is 0 Å². The van der Waals surface area contributed by atoms with Gasteiger partial charge in [0.05, 0.1) is 24.4 Å². The highest BCUT2D eigenvalue weighted by atomic mass is 32.1.